The lowest BCUT2D eigenvalue weighted by molar-refractivity contribution is -0.136. The Kier molecular flexibility index (Phi) is 6.10. The Balaban J connectivity index is 1.56. The van der Waals surface area contributed by atoms with Gasteiger partial charge in [0.15, 0.2) is 17.5 Å². The number of imidazole rings is 1. The number of cyclic esters (lactones) is 1. The van der Waals surface area contributed by atoms with Crippen molar-refractivity contribution in [3.63, 3.8) is 0 Å². The SMILES string of the molecule is COC1=C(OC)C(=COP(=O)(O)COCCn2cnc3c(=O)[nH]c(N)nc32)OC1=O. The third-order valence-corrected chi connectivity index (χ3v) is 4.72. The molecule has 0 bridgehead atoms. The molecule has 1 aliphatic heterocycles. The Labute approximate surface area is 168 Å². The second-order valence-electron chi connectivity index (χ2n) is 5.78. The number of nitrogens with two attached hydrogens (primary N) is 1. The average molecular weight is 443 g/mol. The normalized spacial score (nSPS) is 17.3. The molecule has 0 aromatic carbocycles. The van der Waals surface area contributed by atoms with Crippen LogP contribution in [0, 0.1) is 0 Å². The zero-order valence-electron chi connectivity index (χ0n) is 15.9. The summed E-state index contributed by atoms with van der Waals surface area (Å²) in [6, 6.07) is 0. The molecule has 0 amide bonds. The van der Waals surface area contributed by atoms with Gasteiger partial charge in [-0.1, -0.05) is 0 Å². The molecule has 0 saturated heterocycles. The summed E-state index contributed by atoms with van der Waals surface area (Å²) >= 11 is 0. The first kappa shape index (κ1) is 21.4. The molecule has 0 spiro atoms. The second kappa shape index (κ2) is 8.57. The summed E-state index contributed by atoms with van der Waals surface area (Å²) in [6.45, 7) is 0.162. The molecule has 0 fully saturated rings. The number of fused-ring (bicyclic) bond motifs is 1. The number of anilines is 1. The number of rotatable bonds is 9. The van der Waals surface area contributed by atoms with E-state index in [2.05, 4.69) is 15.0 Å². The standard InChI is InChI=1S/C15H18N5O9P/c1-25-10-8(29-14(22)11(10)26-2)5-28-30(23,24)7-27-4-3-20-6-17-9-12(20)18-15(16)19-13(9)21/h5-6H,3-4,7H2,1-2H3,(H,23,24)(H3,16,18,19,21). The Bertz CT molecular complexity index is 1140. The van der Waals surface area contributed by atoms with Gasteiger partial charge in [0.05, 0.1) is 27.2 Å². The van der Waals surface area contributed by atoms with Crippen molar-refractivity contribution in [2.45, 2.75) is 6.54 Å². The van der Waals surface area contributed by atoms with E-state index in [0.29, 0.717) is 0 Å². The zero-order valence-corrected chi connectivity index (χ0v) is 16.7. The fourth-order valence-corrected chi connectivity index (χ4v) is 3.16. The number of hydrogen-bond acceptors (Lipinski definition) is 11. The maximum atomic E-state index is 12.1. The molecular weight excluding hydrogens is 425 g/mol. The number of nitrogens with zero attached hydrogens (tertiary/aromatic N) is 3. The lowest BCUT2D eigenvalue weighted by atomic mass is 10.4. The minimum absolute atomic E-state index is 0.0175. The van der Waals surface area contributed by atoms with E-state index in [4.69, 9.17) is 29.2 Å². The van der Waals surface area contributed by atoms with Gasteiger partial charge in [-0.15, -0.1) is 0 Å². The van der Waals surface area contributed by atoms with E-state index < -0.39 is 25.5 Å². The molecule has 1 atom stereocenters. The largest absolute Gasteiger partial charge is 0.489 e. The van der Waals surface area contributed by atoms with Crippen molar-refractivity contribution >= 4 is 30.7 Å². The zero-order chi connectivity index (χ0) is 21.9. The van der Waals surface area contributed by atoms with Crippen molar-refractivity contribution in [3.05, 3.63) is 40.2 Å². The number of aromatic amines is 1. The molecule has 1 aliphatic rings. The number of carbonyl (C=O) groups is 1. The molecule has 4 N–H and O–H groups in total. The van der Waals surface area contributed by atoms with Crippen LogP contribution < -0.4 is 11.3 Å². The van der Waals surface area contributed by atoms with Crippen molar-refractivity contribution in [1.82, 2.24) is 19.5 Å². The van der Waals surface area contributed by atoms with Gasteiger partial charge < -0.3 is 38.7 Å². The maximum Gasteiger partial charge on any atom is 0.401 e. The maximum absolute atomic E-state index is 12.1. The predicted octanol–water partition coefficient (Wildman–Crippen LogP) is -0.220. The predicted molar refractivity (Wildman–Crippen MR) is 99.5 cm³/mol. The summed E-state index contributed by atoms with van der Waals surface area (Å²) in [4.78, 5) is 43.4. The van der Waals surface area contributed by atoms with Gasteiger partial charge in [0.2, 0.25) is 17.5 Å². The molecule has 14 nitrogen and oxygen atoms in total. The van der Waals surface area contributed by atoms with E-state index in [1.807, 2.05) is 0 Å². The topological polar surface area (TPSA) is 190 Å². The molecule has 1 unspecified atom stereocenters. The molecule has 30 heavy (non-hydrogen) atoms. The average Bonchev–Trinajstić information content (AvgIpc) is 3.23. The van der Waals surface area contributed by atoms with Crippen molar-refractivity contribution in [1.29, 1.82) is 0 Å². The Morgan fingerprint density at radius 1 is 1.33 bits per heavy atom. The Hall–Kier alpha value is -3.35. The minimum Gasteiger partial charge on any atom is -0.489 e. The van der Waals surface area contributed by atoms with Gasteiger partial charge in [-0.25, -0.2) is 14.3 Å². The van der Waals surface area contributed by atoms with E-state index >= 15 is 0 Å². The van der Waals surface area contributed by atoms with E-state index in [1.54, 1.807) is 0 Å². The number of aromatic nitrogens is 4. The number of nitrogens with one attached hydrogen (secondary N) is 1. The van der Waals surface area contributed by atoms with E-state index in [1.165, 1.54) is 25.1 Å². The molecule has 162 valence electrons. The van der Waals surface area contributed by atoms with Gasteiger partial charge in [0.1, 0.15) is 6.26 Å². The molecule has 0 saturated carbocycles. The summed E-state index contributed by atoms with van der Waals surface area (Å²) in [5, 5.41) is 0. The number of H-pyrrole nitrogens is 1. The third-order valence-electron chi connectivity index (χ3n) is 3.77. The highest BCUT2D eigenvalue weighted by Crippen LogP contribution is 2.43. The van der Waals surface area contributed by atoms with Crippen LogP contribution in [0.3, 0.4) is 0 Å². The van der Waals surface area contributed by atoms with Crippen molar-refractivity contribution in [2.24, 2.45) is 0 Å². The van der Waals surface area contributed by atoms with Crippen LogP contribution in [0.5, 0.6) is 0 Å². The summed E-state index contributed by atoms with van der Waals surface area (Å²) in [5.41, 5.74) is 5.39. The van der Waals surface area contributed by atoms with Gasteiger partial charge in [-0.3, -0.25) is 9.78 Å². The highest BCUT2D eigenvalue weighted by Gasteiger charge is 2.34. The van der Waals surface area contributed by atoms with E-state index in [-0.39, 0.29) is 47.5 Å². The minimum atomic E-state index is -4.22. The fourth-order valence-electron chi connectivity index (χ4n) is 2.48. The van der Waals surface area contributed by atoms with Crippen LogP contribution in [0.2, 0.25) is 0 Å². The van der Waals surface area contributed by atoms with Gasteiger partial charge >= 0.3 is 13.6 Å². The number of nitrogen functional groups attached to an aromatic ring is 1. The van der Waals surface area contributed by atoms with Crippen LogP contribution in [0.4, 0.5) is 5.95 Å². The molecule has 3 heterocycles. The van der Waals surface area contributed by atoms with Crippen molar-refractivity contribution < 1.29 is 37.7 Å². The van der Waals surface area contributed by atoms with Crippen molar-refractivity contribution in [3.8, 4) is 0 Å². The smallest absolute Gasteiger partial charge is 0.401 e. The molecule has 3 rings (SSSR count). The number of carbonyl (C=O) groups excluding carboxylic acids is 1. The van der Waals surface area contributed by atoms with Gasteiger partial charge in [-0.05, 0) is 0 Å². The molecule has 0 radical (unpaired) electrons. The highest BCUT2D eigenvalue weighted by atomic mass is 31.2. The van der Waals surface area contributed by atoms with Crippen molar-refractivity contribution in [2.75, 3.05) is 32.9 Å². The number of methoxy groups -OCH3 is 2. The Morgan fingerprint density at radius 3 is 2.77 bits per heavy atom. The monoisotopic (exact) mass is 443 g/mol. The summed E-state index contributed by atoms with van der Waals surface area (Å²) in [6.07, 6.45) is 1.49. The molecular formula is C15H18N5O9P. The summed E-state index contributed by atoms with van der Waals surface area (Å²) in [7, 11) is -1.72. The summed E-state index contributed by atoms with van der Waals surface area (Å²) in [5.74, 6) is -1.37. The Morgan fingerprint density at radius 2 is 2.07 bits per heavy atom. The van der Waals surface area contributed by atoms with Crippen LogP contribution in [0.1, 0.15) is 0 Å². The molecule has 2 aromatic heterocycles. The lowest BCUT2D eigenvalue weighted by Crippen LogP contribution is -2.13. The van der Waals surface area contributed by atoms with Crippen LogP contribution in [0.25, 0.3) is 11.2 Å². The van der Waals surface area contributed by atoms with Gasteiger partial charge in [-0.2, -0.15) is 4.98 Å². The number of esters is 1. The van der Waals surface area contributed by atoms with E-state index in [0.717, 1.165) is 6.26 Å². The van der Waals surface area contributed by atoms with Gasteiger partial charge in [0, 0.05) is 6.54 Å². The van der Waals surface area contributed by atoms with Gasteiger partial charge in [0.25, 0.3) is 11.3 Å². The molecule has 2 aromatic rings. The first-order valence-electron chi connectivity index (χ1n) is 8.29. The van der Waals surface area contributed by atoms with E-state index in [9.17, 15) is 19.0 Å². The van der Waals surface area contributed by atoms with Crippen LogP contribution in [0.15, 0.2) is 34.7 Å². The number of ether oxygens (including phenoxy) is 4. The third kappa shape index (κ3) is 4.45. The first-order valence-corrected chi connectivity index (χ1v) is 10.1. The highest BCUT2D eigenvalue weighted by molar-refractivity contribution is 7.52. The fraction of sp³-hybridized carbons (Fsp3) is 0.333. The molecule has 0 aliphatic carbocycles. The lowest BCUT2D eigenvalue weighted by Gasteiger charge is -2.12. The van der Waals surface area contributed by atoms with Crippen LogP contribution in [-0.4, -0.2) is 57.6 Å². The first-order chi connectivity index (χ1) is 14.3. The molecule has 15 heteroatoms. The number of hydrogen-bond donors (Lipinski definition) is 3. The second-order valence-corrected chi connectivity index (χ2v) is 7.52. The van der Waals surface area contributed by atoms with Crippen LogP contribution >= 0.6 is 7.60 Å². The summed E-state index contributed by atoms with van der Waals surface area (Å²) < 4.78 is 38.2. The quantitative estimate of drug-likeness (QED) is 0.200. The van der Waals surface area contributed by atoms with Crippen LogP contribution in [-0.2, 0) is 39.4 Å².